The molecule has 1 aliphatic rings. The molecule has 0 spiro atoms. The summed E-state index contributed by atoms with van der Waals surface area (Å²) in [6, 6.07) is 33.8. The molecule has 234 valence electrons. The van der Waals surface area contributed by atoms with Gasteiger partial charge in [-0.3, -0.25) is 13.9 Å². The SMILES string of the molecule is CCc1ccccc1N(CC(=O)N(Cc1ccccc1)[C@@H](Cc1ccccc1)C(=O)NC1CCCC1)S(=O)(=O)c1ccccc1. The molecule has 0 unspecified atom stereocenters. The van der Waals surface area contributed by atoms with Gasteiger partial charge >= 0.3 is 0 Å². The van der Waals surface area contributed by atoms with Crippen LogP contribution in [-0.2, 0) is 39.0 Å². The number of nitrogens with one attached hydrogen (secondary N) is 1. The molecular weight excluding hydrogens is 582 g/mol. The quantitative estimate of drug-likeness (QED) is 0.194. The van der Waals surface area contributed by atoms with Gasteiger partial charge in [-0.15, -0.1) is 0 Å². The summed E-state index contributed by atoms with van der Waals surface area (Å²) < 4.78 is 29.6. The van der Waals surface area contributed by atoms with Crippen LogP contribution in [0.1, 0.15) is 49.3 Å². The first-order valence-corrected chi connectivity index (χ1v) is 17.1. The van der Waals surface area contributed by atoms with Crippen molar-refractivity contribution >= 4 is 27.5 Å². The first-order chi connectivity index (χ1) is 21.9. The number of sulfonamides is 1. The van der Waals surface area contributed by atoms with E-state index in [4.69, 9.17) is 0 Å². The summed E-state index contributed by atoms with van der Waals surface area (Å²) in [6.45, 7) is 1.66. The number of amides is 2. The highest BCUT2D eigenvalue weighted by Gasteiger charge is 2.36. The van der Waals surface area contributed by atoms with Gasteiger partial charge in [0.15, 0.2) is 0 Å². The summed E-state index contributed by atoms with van der Waals surface area (Å²) in [6.07, 6.45) is 4.82. The molecular formula is C37H41N3O4S. The van der Waals surface area contributed by atoms with Crippen molar-refractivity contribution in [3.05, 3.63) is 132 Å². The molecule has 1 atom stereocenters. The van der Waals surface area contributed by atoms with E-state index in [1.807, 2.05) is 79.7 Å². The molecule has 0 aliphatic heterocycles. The van der Waals surface area contributed by atoms with E-state index in [9.17, 15) is 18.0 Å². The van der Waals surface area contributed by atoms with Gasteiger partial charge in [0.1, 0.15) is 12.6 Å². The molecule has 7 nitrogen and oxygen atoms in total. The lowest BCUT2D eigenvalue weighted by Crippen LogP contribution is -2.54. The highest BCUT2D eigenvalue weighted by Crippen LogP contribution is 2.28. The van der Waals surface area contributed by atoms with E-state index >= 15 is 0 Å². The second-order valence-corrected chi connectivity index (χ2v) is 13.4. The lowest BCUT2D eigenvalue weighted by atomic mass is 10.0. The minimum Gasteiger partial charge on any atom is -0.352 e. The number of carbonyl (C=O) groups is 2. The topological polar surface area (TPSA) is 86.8 Å². The van der Waals surface area contributed by atoms with Crippen molar-refractivity contribution in [1.29, 1.82) is 0 Å². The van der Waals surface area contributed by atoms with Crippen LogP contribution in [0.3, 0.4) is 0 Å². The van der Waals surface area contributed by atoms with Crippen molar-refractivity contribution in [2.24, 2.45) is 0 Å². The molecule has 0 bridgehead atoms. The van der Waals surface area contributed by atoms with E-state index < -0.39 is 28.5 Å². The third-order valence-corrected chi connectivity index (χ3v) is 10.2. The van der Waals surface area contributed by atoms with Gasteiger partial charge in [-0.25, -0.2) is 8.42 Å². The monoisotopic (exact) mass is 623 g/mol. The maximum absolute atomic E-state index is 14.6. The van der Waals surface area contributed by atoms with E-state index in [1.165, 1.54) is 16.4 Å². The van der Waals surface area contributed by atoms with Crippen LogP contribution in [0, 0.1) is 0 Å². The van der Waals surface area contributed by atoms with Crippen molar-refractivity contribution in [3.8, 4) is 0 Å². The van der Waals surface area contributed by atoms with Crippen molar-refractivity contribution in [1.82, 2.24) is 10.2 Å². The van der Waals surface area contributed by atoms with Crippen LogP contribution in [0.2, 0.25) is 0 Å². The van der Waals surface area contributed by atoms with Gasteiger partial charge < -0.3 is 10.2 Å². The fraction of sp³-hybridized carbons (Fsp3) is 0.297. The lowest BCUT2D eigenvalue weighted by molar-refractivity contribution is -0.140. The Kier molecular flexibility index (Phi) is 10.7. The Balaban J connectivity index is 1.57. The first-order valence-electron chi connectivity index (χ1n) is 15.7. The fourth-order valence-electron chi connectivity index (χ4n) is 5.99. The summed E-state index contributed by atoms with van der Waals surface area (Å²) in [5, 5.41) is 3.22. The van der Waals surface area contributed by atoms with Crippen LogP contribution in [0.15, 0.2) is 120 Å². The van der Waals surface area contributed by atoms with Crippen molar-refractivity contribution in [3.63, 3.8) is 0 Å². The minimum atomic E-state index is -4.13. The van der Waals surface area contributed by atoms with E-state index in [-0.39, 0.29) is 23.4 Å². The Morgan fingerprint density at radius 1 is 0.778 bits per heavy atom. The van der Waals surface area contributed by atoms with Gasteiger partial charge in [-0.2, -0.15) is 0 Å². The third-order valence-electron chi connectivity index (χ3n) is 8.42. The molecule has 1 N–H and O–H groups in total. The van der Waals surface area contributed by atoms with Gasteiger partial charge in [0, 0.05) is 19.0 Å². The van der Waals surface area contributed by atoms with Crippen LogP contribution < -0.4 is 9.62 Å². The minimum absolute atomic E-state index is 0.0656. The standard InChI is InChI=1S/C37H41N3O4S/c1-2-31-20-12-15-25-34(31)40(45(43,44)33-23-10-5-11-24-33)28-36(41)39(27-30-18-8-4-9-19-30)35(26-29-16-6-3-7-17-29)37(42)38-32-21-13-14-22-32/h3-12,15-20,23-25,32,35H,2,13-14,21-22,26-28H2,1H3,(H,38,42)/t35-/m0/s1. The van der Waals surface area contributed by atoms with E-state index in [0.29, 0.717) is 18.5 Å². The van der Waals surface area contributed by atoms with E-state index in [1.54, 1.807) is 35.2 Å². The fourth-order valence-corrected chi connectivity index (χ4v) is 7.46. The normalized spacial score (nSPS) is 14.1. The number of anilines is 1. The van der Waals surface area contributed by atoms with Crippen molar-refractivity contribution in [2.45, 2.75) is 69.0 Å². The molecule has 0 radical (unpaired) electrons. The Morgan fingerprint density at radius 2 is 1.33 bits per heavy atom. The molecule has 0 heterocycles. The van der Waals surface area contributed by atoms with Gasteiger partial charge in [-0.1, -0.05) is 117 Å². The average Bonchev–Trinajstić information content (AvgIpc) is 3.59. The van der Waals surface area contributed by atoms with E-state index in [2.05, 4.69) is 5.32 Å². The van der Waals surface area contributed by atoms with Crippen LogP contribution >= 0.6 is 0 Å². The molecule has 0 aromatic heterocycles. The Hall–Kier alpha value is -4.43. The van der Waals surface area contributed by atoms with Crippen LogP contribution in [0.25, 0.3) is 0 Å². The second-order valence-electron chi connectivity index (χ2n) is 11.5. The maximum atomic E-state index is 14.6. The molecule has 1 aliphatic carbocycles. The zero-order valence-corrected chi connectivity index (χ0v) is 26.5. The highest BCUT2D eigenvalue weighted by molar-refractivity contribution is 7.92. The average molecular weight is 624 g/mol. The summed E-state index contributed by atoms with van der Waals surface area (Å²) >= 11 is 0. The number of hydrogen-bond donors (Lipinski definition) is 1. The number of benzene rings is 4. The van der Waals surface area contributed by atoms with Crippen molar-refractivity contribution in [2.75, 3.05) is 10.8 Å². The number of aryl methyl sites for hydroxylation is 1. The van der Waals surface area contributed by atoms with Crippen LogP contribution in [0.4, 0.5) is 5.69 Å². The molecule has 45 heavy (non-hydrogen) atoms. The Labute approximate surface area is 266 Å². The molecule has 5 rings (SSSR count). The van der Waals surface area contributed by atoms with Gasteiger partial charge in [0.05, 0.1) is 10.6 Å². The number of nitrogens with zero attached hydrogens (tertiary/aromatic N) is 2. The Bertz CT molecular complexity index is 1660. The Morgan fingerprint density at radius 3 is 1.96 bits per heavy atom. The first kappa shape index (κ1) is 32.0. The molecule has 4 aromatic carbocycles. The lowest BCUT2D eigenvalue weighted by Gasteiger charge is -2.34. The van der Waals surface area contributed by atoms with Gasteiger partial charge in [-0.05, 0) is 54.2 Å². The third kappa shape index (κ3) is 8.00. The summed E-state index contributed by atoms with van der Waals surface area (Å²) in [5.41, 5.74) is 3.02. The molecule has 1 fully saturated rings. The summed E-state index contributed by atoms with van der Waals surface area (Å²) in [5.74, 6) is -0.673. The number of para-hydroxylation sites is 1. The zero-order chi connectivity index (χ0) is 31.6. The predicted molar refractivity (Wildman–Crippen MR) is 178 cm³/mol. The zero-order valence-electron chi connectivity index (χ0n) is 25.7. The summed E-state index contributed by atoms with van der Waals surface area (Å²) in [4.78, 5) is 30.4. The van der Waals surface area contributed by atoms with Crippen LogP contribution in [0.5, 0.6) is 0 Å². The number of rotatable bonds is 13. The van der Waals surface area contributed by atoms with Gasteiger partial charge in [0.2, 0.25) is 11.8 Å². The molecule has 4 aromatic rings. The molecule has 1 saturated carbocycles. The smallest absolute Gasteiger partial charge is 0.264 e. The largest absolute Gasteiger partial charge is 0.352 e. The highest BCUT2D eigenvalue weighted by atomic mass is 32.2. The molecule has 8 heteroatoms. The maximum Gasteiger partial charge on any atom is 0.264 e. The predicted octanol–water partition coefficient (Wildman–Crippen LogP) is 6.14. The number of hydrogen-bond acceptors (Lipinski definition) is 4. The molecule has 2 amide bonds. The summed E-state index contributed by atoms with van der Waals surface area (Å²) in [7, 11) is -4.13. The van der Waals surface area contributed by atoms with E-state index in [0.717, 1.165) is 42.4 Å². The molecule has 0 saturated heterocycles. The van der Waals surface area contributed by atoms with Gasteiger partial charge in [0.25, 0.3) is 10.0 Å². The van der Waals surface area contributed by atoms with Crippen LogP contribution in [-0.4, -0.2) is 43.8 Å². The number of carbonyl (C=O) groups excluding carboxylic acids is 2. The van der Waals surface area contributed by atoms with Crippen molar-refractivity contribution < 1.29 is 18.0 Å². The second kappa shape index (κ2) is 15.0.